The third-order valence-corrected chi connectivity index (χ3v) is 5.29. The van der Waals surface area contributed by atoms with Gasteiger partial charge in [-0.25, -0.2) is 4.68 Å². The number of carbonyl (C=O) groups is 1. The number of rotatable bonds is 9. The Balaban J connectivity index is 1.91. The average molecular weight is 396 g/mol. The molecule has 0 atom stereocenters. The van der Waals surface area contributed by atoms with Crippen molar-refractivity contribution in [1.82, 2.24) is 14.7 Å². The lowest BCUT2D eigenvalue weighted by atomic mass is 10.1. The van der Waals surface area contributed by atoms with Gasteiger partial charge in [0.1, 0.15) is 0 Å². The zero-order valence-corrected chi connectivity index (χ0v) is 17.0. The fraction of sp³-hybridized carbons (Fsp3) is 0.273. The van der Waals surface area contributed by atoms with Crippen LogP contribution in [0.1, 0.15) is 18.9 Å². The van der Waals surface area contributed by atoms with Gasteiger partial charge in [0.15, 0.2) is 0 Å². The van der Waals surface area contributed by atoms with Gasteiger partial charge in [0, 0.05) is 35.3 Å². The minimum atomic E-state index is -0.781. The number of nitrogens with zero attached hydrogens (tertiary/aromatic N) is 3. The molecule has 6 heteroatoms. The number of hydrogen-bond donors (Lipinski definition) is 1. The molecule has 1 heterocycles. The van der Waals surface area contributed by atoms with Gasteiger partial charge in [-0.05, 0) is 37.1 Å². The van der Waals surface area contributed by atoms with Crippen LogP contribution < -0.4 is 0 Å². The monoisotopic (exact) mass is 395 g/mol. The van der Waals surface area contributed by atoms with E-state index in [9.17, 15) is 4.79 Å². The maximum absolute atomic E-state index is 10.9. The van der Waals surface area contributed by atoms with Gasteiger partial charge in [-0.2, -0.15) is 5.10 Å². The molecule has 146 valence electrons. The van der Waals surface area contributed by atoms with Crippen LogP contribution in [0.3, 0.4) is 0 Å². The molecule has 0 fully saturated rings. The van der Waals surface area contributed by atoms with Crippen LogP contribution in [0.5, 0.6) is 0 Å². The summed E-state index contributed by atoms with van der Waals surface area (Å²) in [4.78, 5) is 14.1. The summed E-state index contributed by atoms with van der Waals surface area (Å²) in [5, 5.41) is 13.8. The van der Waals surface area contributed by atoms with Crippen LogP contribution in [0.2, 0.25) is 0 Å². The minimum Gasteiger partial charge on any atom is -0.481 e. The van der Waals surface area contributed by atoms with Crippen LogP contribution in [0.4, 0.5) is 0 Å². The highest BCUT2D eigenvalue weighted by Crippen LogP contribution is 2.27. The van der Waals surface area contributed by atoms with E-state index in [0.717, 1.165) is 28.3 Å². The summed E-state index contributed by atoms with van der Waals surface area (Å²) in [5.74, 6) is 0.262. The summed E-state index contributed by atoms with van der Waals surface area (Å²) in [6.07, 6.45) is 2.16. The number of aliphatic carboxylic acids is 1. The van der Waals surface area contributed by atoms with Crippen molar-refractivity contribution in [3.63, 3.8) is 0 Å². The molecule has 0 aliphatic rings. The highest BCUT2D eigenvalue weighted by atomic mass is 32.2. The van der Waals surface area contributed by atoms with Gasteiger partial charge in [-0.1, -0.05) is 37.3 Å². The first kappa shape index (κ1) is 20.2. The molecule has 28 heavy (non-hydrogen) atoms. The number of para-hydroxylation sites is 1. The molecular formula is C22H25N3O2S. The Bertz CT molecular complexity index is 907. The zero-order chi connectivity index (χ0) is 19.9. The number of thioether (sulfide) groups is 1. The van der Waals surface area contributed by atoms with E-state index in [2.05, 4.69) is 31.2 Å². The van der Waals surface area contributed by atoms with Gasteiger partial charge in [-0.3, -0.25) is 4.79 Å². The molecule has 3 aromatic rings. The molecular weight excluding hydrogens is 370 g/mol. The van der Waals surface area contributed by atoms with E-state index in [1.54, 1.807) is 0 Å². The summed E-state index contributed by atoms with van der Waals surface area (Å²) in [7, 11) is 1.94. The van der Waals surface area contributed by atoms with Crippen LogP contribution in [0.15, 0.2) is 65.7 Å². The maximum Gasteiger partial charge on any atom is 0.304 e. The standard InChI is InChI=1S/C22H25N3O2S/c1-3-28-20-11-9-17(10-12-20)22-18(15-24(2)14-13-21(26)27)16-25(23-22)19-7-5-4-6-8-19/h4-12,16H,3,13-15H2,1-2H3,(H,26,27). The molecule has 0 saturated heterocycles. The molecule has 0 unspecified atom stereocenters. The van der Waals surface area contributed by atoms with E-state index in [1.807, 2.05) is 64.9 Å². The molecule has 0 spiro atoms. The summed E-state index contributed by atoms with van der Waals surface area (Å²) in [6, 6.07) is 18.5. The Labute approximate surface area is 170 Å². The van der Waals surface area contributed by atoms with Crippen molar-refractivity contribution in [2.24, 2.45) is 0 Å². The number of aromatic nitrogens is 2. The van der Waals surface area contributed by atoms with E-state index >= 15 is 0 Å². The molecule has 0 radical (unpaired) electrons. The first-order chi connectivity index (χ1) is 13.6. The average Bonchev–Trinajstić information content (AvgIpc) is 3.12. The van der Waals surface area contributed by atoms with Crippen LogP contribution in [-0.4, -0.2) is 45.1 Å². The van der Waals surface area contributed by atoms with Gasteiger partial charge in [-0.15, -0.1) is 11.8 Å². The van der Waals surface area contributed by atoms with Crippen molar-refractivity contribution < 1.29 is 9.90 Å². The Morgan fingerprint density at radius 2 is 1.86 bits per heavy atom. The van der Waals surface area contributed by atoms with E-state index in [4.69, 9.17) is 10.2 Å². The summed E-state index contributed by atoms with van der Waals surface area (Å²) in [6.45, 7) is 3.28. The number of benzene rings is 2. The molecule has 0 aliphatic carbocycles. The van der Waals surface area contributed by atoms with E-state index in [0.29, 0.717) is 13.1 Å². The second-order valence-corrected chi connectivity index (χ2v) is 7.96. The van der Waals surface area contributed by atoms with Crippen molar-refractivity contribution in [2.75, 3.05) is 19.3 Å². The van der Waals surface area contributed by atoms with Gasteiger partial charge in [0.2, 0.25) is 0 Å². The van der Waals surface area contributed by atoms with Crippen molar-refractivity contribution in [3.05, 3.63) is 66.4 Å². The quantitative estimate of drug-likeness (QED) is 0.538. The highest BCUT2D eigenvalue weighted by molar-refractivity contribution is 7.99. The number of carboxylic acids is 1. The van der Waals surface area contributed by atoms with Crippen molar-refractivity contribution in [1.29, 1.82) is 0 Å². The molecule has 1 aromatic heterocycles. The molecule has 1 N–H and O–H groups in total. The Kier molecular flexibility index (Phi) is 6.90. The fourth-order valence-corrected chi connectivity index (χ4v) is 3.68. The summed E-state index contributed by atoms with van der Waals surface area (Å²) in [5.41, 5.74) is 4.07. The van der Waals surface area contributed by atoms with Crippen molar-refractivity contribution >= 4 is 17.7 Å². The molecule has 3 rings (SSSR count). The Hall–Kier alpha value is -2.57. The molecule has 0 saturated carbocycles. The summed E-state index contributed by atoms with van der Waals surface area (Å²) >= 11 is 1.82. The lowest BCUT2D eigenvalue weighted by Gasteiger charge is -2.15. The van der Waals surface area contributed by atoms with Gasteiger partial charge < -0.3 is 10.0 Å². The number of hydrogen-bond acceptors (Lipinski definition) is 4. The highest BCUT2D eigenvalue weighted by Gasteiger charge is 2.15. The van der Waals surface area contributed by atoms with Gasteiger partial charge in [0.25, 0.3) is 0 Å². The second-order valence-electron chi connectivity index (χ2n) is 6.62. The normalized spacial score (nSPS) is 11.1. The lowest BCUT2D eigenvalue weighted by Crippen LogP contribution is -2.21. The predicted molar refractivity (Wildman–Crippen MR) is 114 cm³/mol. The van der Waals surface area contributed by atoms with Crippen LogP contribution in [0, 0.1) is 0 Å². The minimum absolute atomic E-state index is 0.127. The lowest BCUT2D eigenvalue weighted by molar-refractivity contribution is -0.137. The Morgan fingerprint density at radius 1 is 1.14 bits per heavy atom. The third-order valence-electron chi connectivity index (χ3n) is 4.40. The van der Waals surface area contributed by atoms with Crippen molar-refractivity contribution in [3.8, 4) is 16.9 Å². The molecule has 2 aromatic carbocycles. The van der Waals surface area contributed by atoms with Gasteiger partial charge >= 0.3 is 5.97 Å². The van der Waals surface area contributed by atoms with E-state index < -0.39 is 5.97 Å². The summed E-state index contributed by atoms with van der Waals surface area (Å²) < 4.78 is 1.89. The zero-order valence-electron chi connectivity index (χ0n) is 16.2. The predicted octanol–water partition coefficient (Wildman–Crippen LogP) is 4.56. The first-order valence-corrected chi connectivity index (χ1v) is 10.3. The first-order valence-electron chi connectivity index (χ1n) is 9.34. The van der Waals surface area contributed by atoms with Crippen LogP contribution in [-0.2, 0) is 11.3 Å². The van der Waals surface area contributed by atoms with E-state index in [1.165, 1.54) is 4.90 Å². The largest absolute Gasteiger partial charge is 0.481 e. The van der Waals surface area contributed by atoms with Crippen LogP contribution >= 0.6 is 11.8 Å². The van der Waals surface area contributed by atoms with Crippen molar-refractivity contribution in [2.45, 2.75) is 24.8 Å². The molecule has 0 amide bonds. The topological polar surface area (TPSA) is 58.4 Å². The smallest absolute Gasteiger partial charge is 0.304 e. The maximum atomic E-state index is 10.9. The third kappa shape index (κ3) is 5.24. The number of carboxylic acid groups (broad SMARTS) is 1. The fourth-order valence-electron chi connectivity index (χ4n) is 3.01. The van der Waals surface area contributed by atoms with Crippen LogP contribution in [0.25, 0.3) is 16.9 Å². The molecule has 0 bridgehead atoms. The Morgan fingerprint density at radius 3 is 2.50 bits per heavy atom. The van der Waals surface area contributed by atoms with E-state index in [-0.39, 0.29) is 6.42 Å². The molecule has 0 aliphatic heterocycles. The van der Waals surface area contributed by atoms with Gasteiger partial charge in [0.05, 0.1) is 17.8 Å². The SMILES string of the molecule is CCSc1ccc(-c2nn(-c3ccccc3)cc2CN(C)CCC(=O)O)cc1. The molecule has 5 nitrogen and oxygen atoms in total. The second kappa shape index (κ2) is 9.57.